The molecule has 5 aromatic rings. The highest BCUT2D eigenvalue weighted by atomic mass is 32.2. The third-order valence-corrected chi connectivity index (χ3v) is 12.7. The molecule has 0 saturated heterocycles. The summed E-state index contributed by atoms with van der Waals surface area (Å²) in [6, 6.07) is 16.7. The number of carboxylic acids is 1. The Kier molecular flexibility index (Phi) is 9.09. The van der Waals surface area contributed by atoms with Crippen LogP contribution in [-0.2, 0) is 31.1 Å². The molecule has 1 aliphatic rings. The van der Waals surface area contributed by atoms with E-state index in [0.717, 1.165) is 27.6 Å². The first-order valence-corrected chi connectivity index (χ1v) is 19.2. The first kappa shape index (κ1) is 34.9. The van der Waals surface area contributed by atoms with Crippen molar-refractivity contribution < 1.29 is 45.0 Å². The van der Waals surface area contributed by atoms with E-state index in [1.165, 1.54) is 61.0 Å². The Hall–Kier alpha value is -4.99. The number of thiazole rings is 1. The number of sulfone groups is 1. The van der Waals surface area contributed by atoms with Crippen LogP contribution in [0.25, 0.3) is 21.5 Å². The minimum Gasteiger partial charge on any atom is -0.481 e. The summed E-state index contributed by atoms with van der Waals surface area (Å²) in [6.07, 6.45) is 3.93. The molecule has 0 saturated carbocycles. The molecule has 0 bridgehead atoms. The number of hydrogen-bond acceptors (Lipinski definition) is 9. The van der Waals surface area contributed by atoms with Gasteiger partial charge in [0.05, 0.1) is 10.4 Å². The summed E-state index contributed by atoms with van der Waals surface area (Å²) in [5.74, 6) is -2.51. The van der Waals surface area contributed by atoms with Crippen molar-refractivity contribution in [2.75, 3.05) is 6.26 Å². The number of nitrogens with zero attached hydrogens (tertiary/aromatic N) is 2. The van der Waals surface area contributed by atoms with Crippen molar-refractivity contribution in [1.82, 2.24) is 8.96 Å². The number of fused-ring (bicyclic) bond motifs is 1. The second-order valence-electron chi connectivity index (χ2n) is 11.8. The minimum absolute atomic E-state index is 0.0770. The minimum atomic E-state index is -4.41. The van der Waals surface area contributed by atoms with Crippen molar-refractivity contribution >= 4 is 53.9 Å². The van der Waals surface area contributed by atoms with Crippen LogP contribution in [0.1, 0.15) is 41.4 Å². The molecule has 3 aromatic carbocycles. The largest absolute Gasteiger partial charge is 0.481 e. The SMILES string of the molecule is CC1(S(=O)(=O)n2ccc3cc(Oc4ccc(F)c(-c5nc(C(=O)c6cccc(CCC(=O)O)c6)cs5)c4)ccc32)CC=C(S(C)(=O)=O)C=C1F. The highest BCUT2D eigenvalue weighted by molar-refractivity contribution is 7.94. The number of carbonyl (C=O) groups excluding carboxylic acids is 1. The van der Waals surface area contributed by atoms with Gasteiger partial charge in [0.1, 0.15) is 38.6 Å². The Bertz CT molecular complexity index is 2480. The van der Waals surface area contributed by atoms with Crippen molar-refractivity contribution in [1.29, 1.82) is 0 Å². The monoisotopic (exact) mass is 738 g/mol. The van der Waals surface area contributed by atoms with Gasteiger partial charge in [-0.15, -0.1) is 11.3 Å². The molecular formula is C35H28F2N2O8S3. The second kappa shape index (κ2) is 13.0. The van der Waals surface area contributed by atoms with Gasteiger partial charge in [-0.2, -0.15) is 0 Å². The fraction of sp³-hybridized carbons (Fsp3) is 0.171. The Labute approximate surface area is 290 Å². The molecule has 1 atom stereocenters. The topological polar surface area (TPSA) is 150 Å². The summed E-state index contributed by atoms with van der Waals surface area (Å²) in [5.41, 5.74) is 1.43. The second-order valence-corrected chi connectivity index (χ2v) is 17.0. The van der Waals surface area contributed by atoms with Gasteiger partial charge in [0.2, 0.25) is 5.78 Å². The summed E-state index contributed by atoms with van der Waals surface area (Å²) in [5, 5.41) is 11.1. The molecular weight excluding hydrogens is 711 g/mol. The Balaban J connectivity index is 1.22. The maximum Gasteiger partial charge on any atom is 0.303 e. The molecule has 1 aliphatic carbocycles. The number of hydrogen-bond donors (Lipinski definition) is 1. The number of allylic oxidation sites excluding steroid dienone is 2. The van der Waals surface area contributed by atoms with Crippen LogP contribution < -0.4 is 4.74 Å². The zero-order valence-corrected chi connectivity index (χ0v) is 28.9. The summed E-state index contributed by atoms with van der Waals surface area (Å²) < 4.78 is 86.3. The molecule has 1 N–H and O–H groups in total. The van der Waals surface area contributed by atoms with E-state index in [9.17, 15) is 30.8 Å². The average molecular weight is 739 g/mol. The third kappa shape index (κ3) is 6.63. The molecule has 10 nitrogen and oxygen atoms in total. The van der Waals surface area contributed by atoms with Gasteiger partial charge in [0.15, 0.2) is 9.84 Å². The van der Waals surface area contributed by atoms with Gasteiger partial charge < -0.3 is 9.84 Å². The van der Waals surface area contributed by atoms with E-state index >= 15 is 4.39 Å². The molecule has 6 rings (SSSR count). The van der Waals surface area contributed by atoms with Crippen LogP contribution >= 0.6 is 11.3 Å². The molecule has 0 radical (unpaired) electrons. The predicted octanol–water partition coefficient (Wildman–Crippen LogP) is 7.07. The van der Waals surface area contributed by atoms with Crippen LogP contribution in [0.15, 0.2) is 101 Å². The summed E-state index contributed by atoms with van der Waals surface area (Å²) in [6.45, 7) is 1.20. The molecule has 0 amide bonds. The molecule has 258 valence electrons. The lowest BCUT2D eigenvalue weighted by molar-refractivity contribution is -0.136. The van der Waals surface area contributed by atoms with Gasteiger partial charge in [-0.25, -0.2) is 34.6 Å². The van der Waals surface area contributed by atoms with Crippen LogP contribution in [0.4, 0.5) is 8.78 Å². The normalized spacial score (nSPS) is 16.6. The van der Waals surface area contributed by atoms with Crippen LogP contribution in [-0.4, -0.2) is 53.7 Å². The zero-order valence-electron chi connectivity index (χ0n) is 26.5. The first-order chi connectivity index (χ1) is 23.6. The van der Waals surface area contributed by atoms with Gasteiger partial charge in [0, 0.05) is 40.8 Å². The van der Waals surface area contributed by atoms with Crippen molar-refractivity contribution in [3.8, 4) is 22.1 Å². The van der Waals surface area contributed by atoms with E-state index in [2.05, 4.69) is 4.98 Å². The number of rotatable bonds is 11. The molecule has 15 heteroatoms. The fourth-order valence-corrected chi connectivity index (χ4v) is 8.64. The smallest absolute Gasteiger partial charge is 0.303 e. The highest BCUT2D eigenvalue weighted by Crippen LogP contribution is 2.40. The summed E-state index contributed by atoms with van der Waals surface area (Å²) in [4.78, 5) is 28.1. The van der Waals surface area contributed by atoms with E-state index in [-0.39, 0.29) is 51.7 Å². The predicted molar refractivity (Wildman–Crippen MR) is 185 cm³/mol. The van der Waals surface area contributed by atoms with E-state index in [1.807, 2.05) is 0 Å². The van der Waals surface area contributed by atoms with Crippen LogP contribution in [0.2, 0.25) is 0 Å². The Morgan fingerprint density at radius 3 is 2.48 bits per heavy atom. The number of aryl methyl sites for hydroxylation is 1. The van der Waals surface area contributed by atoms with Gasteiger partial charge in [-0.3, -0.25) is 9.59 Å². The molecule has 1 unspecified atom stereocenters. The van der Waals surface area contributed by atoms with E-state index < -0.39 is 48.0 Å². The average Bonchev–Trinajstić information content (AvgIpc) is 3.73. The van der Waals surface area contributed by atoms with Crippen LogP contribution in [0, 0.1) is 5.82 Å². The number of aliphatic carboxylic acids is 1. The maximum atomic E-state index is 15.3. The maximum absolute atomic E-state index is 15.3. The number of benzene rings is 3. The van der Waals surface area contributed by atoms with Crippen molar-refractivity contribution in [3.05, 3.63) is 124 Å². The first-order valence-electron chi connectivity index (χ1n) is 15.0. The summed E-state index contributed by atoms with van der Waals surface area (Å²) in [7, 11) is -8.14. The van der Waals surface area contributed by atoms with Gasteiger partial charge in [0.25, 0.3) is 10.0 Å². The fourth-order valence-electron chi connectivity index (χ4n) is 5.44. The highest BCUT2D eigenvalue weighted by Gasteiger charge is 2.46. The van der Waals surface area contributed by atoms with Crippen molar-refractivity contribution in [2.45, 2.75) is 30.9 Å². The standard InChI is InChI=1S/C35H28F2N2O8S3/c1-35(14-12-26(19-31(35)37)49(2,43)44)50(45,46)39-15-13-22-17-24(8-10-30(22)39)47-25-7-9-28(36)27(18-25)34-38-29(20-48-34)33(42)23-5-3-4-21(16-23)6-11-32(40)41/h3-5,7-10,12-13,15-20H,6,11,14H2,1-2H3,(H,40,41). The Morgan fingerprint density at radius 1 is 1.02 bits per heavy atom. The van der Waals surface area contributed by atoms with Gasteiger partial charge in [-0.1, -0.05) is 24.3 Å². The molecule has 0 aliphatic heterocycles. The van der Waals surface area contributed by atoms with E-state index in [1.54, 1.807) is 30.3 Å². The van der Waals surface area contributed by atoms with Crippen LogP contribution in [0.3, 0.4) is 0 Å². The lowest BCUT2D eigenvalue weighted by Crippen LogP contribution is -2.41. The molecule has 2 heterocycles. The van der Waals surface area contributed by atoms with Crippen molar-refractivity contribution in [3.63, 3.8) is 0 Å². The number of ether oxygens (including phenoxy) is 1. The Morgan fingerprint density at radius 2 is 1.76 bits per heavy atom. The van der Waals surface area contributed by atoms with Gasteiger partial charge >= 0.3 is 5.97 Å². The van der Waals surface area contributed by atoms with E-state index in [0.29, 0.717) is 22.3 Å². The number of halogens is 2. The molecule has 50 heavy (non-hydrogen) atoms. The molecule has 0 fully saturated rings. The van der Waals surface area contributed by atoms with E-state index in [4.69, 9.17) is 9.84 Å². The third-order valence-electron chi connectivity index (χ3n) is 8.31. The van der Waals surface area contributed by atoms with Crippen molar-refractivity contribution in [2.24, 2.45) is 0 Å². The quantitative estimate of drug-likeness (QED) is 0.141. The number of ketones is 1. The number of carbonyl (C=O) groups is 2. The molecule has 2 aromatic heterocycles. The zero-order chi connectivity index (χ0) is 36.0. The van der Waals surface area contributed by atoms with Crippen LogP contribution in [0.5, 0.6) is 11.5 Å². The number of aromatic nitrogens is 2. The number of carboxylic acid groups (broad SMARTS) is 1. The summed E-state index contributed by atoms with van der Waals surface area (Å²) >= 11 is 1.06. The molecule has 0 spiro atoms. The lowest BCUT2D eigenvalue weighted by Gasteiger charge is -2.30. The lowest BCUT2D eigenvalue weighted by atomic mass is 10.0. The van der Waals surface area contributed by atoms with Gasteiger partial charge in [-0.05, 0) is 79.9 Å².